The average molecular weight is 343 g/mol. The molecule has 1 amide bonds. The minimum atomic E-state index is -0.887. The van der Waals surface area contributed by atoms with Crippen LogP contribution in [0.15, 0.2) is 36.7 Å². The number of carbonyl (C=O) groups excluding carboxylic acids is 1. The molecule has 1 atom stereocenters. The molecular formula is C15H20Cl2N4O. The lowest BCUT2D eigenvalue weighted by Gasteiger charge is -2.23. The van der Waals surface area contributed by atoms with Gasteiger partial charge in [-0.05, 0) is 37.6 Å². The number of anilines is 1. The third-order valence-electron chi connectivity index (χ3n) is 3.24. The normalized spacial score (nSPS) is 13.1. The van der Waals surface area contributed by atoms with Gasteiger partial charge < -0.3 is 11.1 Å². The first-order chi connectivity index (χ1) is 9.94. The minimum absolute atomic E-state index is 0. The Morgan fingerprint density at radius 1 is 1.50 bits per heavy atom. The maximum Gasteiger partial charge on any atom is 0.244 e. The van der Waals surface area contributed by atoms with Crippen LogP contribution < -0.4 is 11.1 Å². The Morgan fingerprint density at radius 2 is 2.23 bits per heavy atom. The van der Waals surface area contributed by atoms with Crippen molar-refractivity contribution in [1.29, 1.82) is 0 Å². The van der Waals surface area contributed by atoms with Crippen LogP contribution in [0.4, 0.5) is 5.69 Å². The Morgan fingerprint density at radius 3 is 2.77 bits per heavy atom. The molecule has 0 aliphatic heterocycles. The number of hydrogen-bond acceptors (Lipinski definition) is 3. The highest BCUT2D eigenvalue weighted by Gasteiger charge is 2.27. The fraction of sp³-hybridized carbons (Fsp3) is 0.333. The van der Waals surface area contributed by atoms with E-state index in [1.807, 2.05) is 13.0 Å². The van der Waals surface area contributed by atoms with Crippen molar-refractivity contribution in [3.63, 3.8) is 0 Å². The average Bonchev–Trinajstić information content (AvgIpc) is 2.92. The van der Waals surface area contributed by atoms with Crippen molar-refractivity contribution in [3.05, 3.63) is 41.7 Å². The lowest BCUT2D eigenvalue weighted by molar-refractivity contribution is -0.120. The van der Waals surface area contributed by atoms with Gasteiger partial charge in [0, 0.05) is 18.1 Å². The summed E-state index contributed by atoms with van der Waals surface area (Å²) < 4.78 is 1.66. The number of nitrogens with two attached hydrogens (primary N) is 1. The smallest absolute Gasteiger partial charge is 0.244 e. The van der Waals surface area contributed by atoms with Gasteiger partial charge >= 0.3 is 0 Å². The SMILES string of the molecule is CCCC(C)(N)C(=O)Nc1ccc(-n2cccn2)c(Cl)c1.Cl. The molecule has 5 nitrogen and oxygen atoms in total. The highest BCUT2D eigenvalue weighted by Crippen LogP contribution is 2.24. The van der Waals surface area contributed by atoms with E-state index in [9.17, 15) is 4.79 Å². The van der Waals surface area contributed by atoms with Crippen LogP contribution in [0.2, 0.25) is 5.02 Å². The number of nitrogens with zero attached hydrogens (tertiary/aromatic N) is 2. The van der Waals surface area contributed by atoms with Crippen LogP contribution in [-0.4, -0.2) is 21.2 Å². The molecule has 0 bridgehead atoms. The summed E-state index contributed by atoms with van der Waals surface area (Å²) in [7, 11) is 0. The van der Waals surface area contributed by atoms with Crippen LogP contribution in [0.1, 0.15) is 26.7 Å². The number of hydrogen-bond donors (Lipinski definition) is 2. The molecule has 0 fully saturated rings. The Bertz CT molecular complexity index is 626. The minimum Gasteiger partial charge on any atom is -0.324 e. The molecule has 0 spiro atoms. The first kappa shape index (κ1) is 18.5. The van der Waals surface area contributed by atoms with E-state index in [1.54, 1.807) is 42.2 Å². The molecule has 2 aromatic rings. The third kappa shape index (κ3) is 4.22. The first-order valence-corrected chi connectivity index (χ1v) is 7.22. The molecule has 1 aromatic carbocycles. The molecule has 1 heterocycles. The van der Waals surface area contributed by atoms with Crippen LogP contribution in [0, 0.1) is 0 Å². The zero-order valence-electron chi connectivity index (χ0n) is 12.5. The van der Waals surface area contributed by atoms with Crippen molar-refractivity contribution in [1.82, 2.24) is 9.78 Å². The van der Waals surface area contributed by atoms with Gasteiger partial charge in [-0.3, -0.25) is 4.79 Å². The molecule has 1 unspecified atom stereocenters. The van der Waals surface area contributed by atoms with Gasteiger partial charge in [-0.1, -0.05) is 24.9 Å². The molecule has 0 saturated heterocycles. The van der Waals surface area contributed by atoms with Crippen LogP contribution in [-0.2, 0) is 4.79 Å². The molecule has 0 radical (unpaired) electrons. The van der Waals surface area contributed by atoms with Gasteiger partial charge in [0.15, 0.2) is 0 Å². The monoisotopic (exact) mass is 342 g/mol. The molecule has 3 N–H and O–H groups in total. The fourth-order valence-corrected chi connectivity index (χ4v) is 2.36. The lowest BCUT2D eigenvalue weighted by Crippen LogP contribution is -2.48. The van der Waals surface area contributed by atoms with Gasteiger partial charge in [-0.15, -0.1) is 12.4 Å². The number of nitrogens with one attached hydrogen (secondary N) is 1. The van der Waals surface area contributed by atoms with Crippen LogP contribution in [0.3, 0.4) is 0 Å². The summed E-state index contributed by atoms with van der Waals surface area (Å²) in [4.78, 5) is 12.2. The van der Waals surface area contributed by atoms with E-state index < -0.39 is 5.54 Å². The van der Waals surface area contributed by atoms with E-state index >= 15 is 0 Å². The molecule has 2 rings (SSSR count). The second kappa shape index (κ2) is 7.63. The van der Waals surface area contributed by atoms with Crippen molar-refractivity contribution in [2.45, 2.75) is 32.2 Å². The van der Waals surface area contributed by atoms with Gasteiger partial charge in [0.25, 0.3) is 0 Å². The summed E-state index contributed by atoms with van der Waals surface area (Å²) in [6.07, 6.45) is 4.95. The fourth-order valence-electron chi connectivity index (χ4n) is 2.09. The largest absolute Gasteiger partial charge is 0.324 e. The quantitative estimate of drug-likeness (QED) is 0.874. The number of halogens is 2. The molecule has 0 aliphatic rings. The van der Waals surface area contributed by atoms with Crippen molar-refractivity contribution < 1.29 is 4.79 Å². The van der Waals surface area contributed by atoms with Crippen molar-refractivity contribution >= 4 is 35.6 Å². The van der Waals surface area contributed by atoms with Crippen molar-refractivity contribution in [2.75, 3.05) is 5.32 Å². The van der Waals surface area contributed by atoms with Gasteiger partial charge in [0.1, 0.15) is 0 Å². The predicted molar refractivity (Wildman–Crippen MR) is 92.0 cm³/mol. The Kier molecular flexibility index (Phi) is 6.41. The van der Waals surface area contributed by atoms with Gasteiger partial charge in [-0.25, -0.2) is 4.68 Å². The lowest BCUT2D eigenvalue weighted by atomic mass is 9.96. The summed E-state index contributed by atoms with van der Waals surface area (Å²) in [6, 6.07) is 7.09. The topological polar surface area (TPSA) is 72.9 Å². The second-order valence-corrected chi connectivity index (χ2v) is 5.65. The summed E-state index contributed by atoms with van der Waals surface area (Å²) in [5.41, 5.74) is 6.49. The highest BCUT2D eigenvalue weighted by atomic mass is 35.5. The van der Waals surface area contributed by atoms with Gasteiger partial charge in [-0.2, -0.15) is 5.10 Å². The van der Waals surface area contributed by atoms with Gasteiger partial charge in [0.05, 0.1) is 16.2 Å². The molecule has 1 aromatic heterocycles. The molecular weight excluding hydrogens is 323 g/mol. The van der Waals surface area contributed by atoms with Crippen LogP contribution >= 0.6 is 24.0 Å². The highest BCUT2D eigenvalue weighted by molar-refractivity contribution is 6.32. The Balaban J connectivity index is 0.00000242. The second-order valence-electron chi connectivity index (χ2n) is 5.24. The van der Waals surface area contributed by atoms with Gasteiger partial charge in [0.2, 0.25) is 5.91 Å². The van der Waals surface area contributed by atoms with E-state index in [2.05, 4.69) is 10.4 Å². The molecule has 22 heavy (non-hydrogen) atoms. The summed E-state index contributed by atoms with van der Waals surface area (Å²) >= 11 is 6.24. The molecule has 7 heteroatoms. The van der Waals surface area contributed by atoms with Crippen molar-refractivity contribution in [2.24, 2.45) is 5.73 Å². The van der Waals surface area contributed by atoms with E-state index in [0.29, 0.717) is 17.1 Å². The zero-order valence-corrected chi connectivity index (χ0v) is 14.1. The van der Waals surface area contributed by atoms with Crippen molar-refractivity contribution in [3.8, 4) is 5.69 Å². The maximum atomic E-state index is 12.2. The van der Waals surface area contributed by atoms with E-state index in [-0.39, 0.29) is 18.3 Å². The van der Waals surface area contributed by atoms with E-state index in [1.165, 1.54) is 0 Å². The summed E-state index contributed by atoms with van der Waals surface area (Å²) in [5, 5.41) is 7.43. The van der Waals surface area contributed by atoms with E-state index in [0.717, 1.165) is 12.1 Å². The first-order valence-electron chi connectivity index (χ1n) is 6.84. The third-order valence-corrected chi connectivity index (χ3v) is 3.55. The number of benzene rings is 1. The maximum absolute atomic E-state index is 12.2. The number of amides is 1. The summed E-state index contributed by atoms with van der Waals surface area (Å²) in [5.74, 6) is -0.216. The predicted octanol–water partition coefficient (Wildman–Crippen LogP) is 3.40. The zero-order chi connectivity index (χ0) is 15.5. The van der Waals surface area contributed by atoms with Crippen LogP contribution in [0.5, 0.6) is 0 Å². The number of aromatic nitrogens is 2. The Hall–Kier alpha value is -1.56. The number of carbonyl (C=O) groups is 1. The molecule has 120 valence electrons. The standard InChI is InChI=1S/C15H19ClN4O.ClH/c1-3-7-15(2,17)14(21)19-11-5-6-13(12(16)10-11)20-9-4-8-18-20;/h4-6,8-10H,3,7,17H2,1-2H3,(H,19,21);1H. The molecule has 0 aliphatic carbocycles. The number of rotatable bonds is 5. The summed E-state index contributed by atoms with van der Waals surface area (Å²) in [6.45, 7) is 3.72. The van der Waals surface area contributed by atoms with E-state index in [4.69, 9.17) is 17.3 Å². The Labute approximate surface area is 141 Å². The van der Waals surface area contributed by atoms with Crippen LogP contribution in [0.25, 0.3) is 5.69 Å². The molecule has 0 saturated carbocycles.